The summed E-state index contributed by atoms with van der Waals surface area (Å²) >= 11 is 0. The molecular weight excluding hydrogens is 247 g/mol. The maximum atomic E-state index is 13.0. The molecule has 0 aromatic heterocycles. The van der Waals surface area contributed by atoms with Gasteiger partial charge in [0.25, 0.3) is 0 Å². The Kier molecular flexibility index (Phi) is 6.11. The van der Waals surface area contributed by atoms with E-state index >= 15 is 0 Å². The van der Waals surface area contributed by atoms with Crippen LogP contribution in [0.25, 0.3) is 0 Å². The van der Waals surface area contributed by atoms with Crippen LogP contribution in [-0.4, -0.2) is 31.5 Å². The third kappa shape index (κ3) is 4.29. The first-order valence-corrected chi connectivity index (χ1v) is 5.55. The van der Waals surface area contributed by atoms with Crippen LogP contribution < -0.4 is 5.32 Å². The zero-order chi connectivity index (χ0) is 13.5. The van der Waals surface area contributed by atoms with Crippen LogP contribution in [0.4, 0.5) is 13.2 Å². The van der Waals surface area contributed by atoms with Crippen molar-refractivity contribution in [2.24, 2.45) is 0 Å². The molecule has 0 aliphatic heterocycles. The largest absolute Gasteiger partial charge is 0.396 e. The minimum atomic E-state index is -1.47. The summed E-state index contributed by atoms with van der Waals surface area (Å²) in [5.74, 6) is -3.89. The van der Waals surface area contributed by atoms with E-state index in [1.54, 1.807) is 0 Å². The number of methoxy groups -OCH3 is 1. The summed E-state index contributed by atoms with van der Waals surface area (Å²) in [6.45, 7) is 0.516. The fraction of sp³-hybridized carbons (Fsp3) is 0.500. The van der Waals surface area contributed by atoms with E-state index < -0.39 is 17.5 Å². The monoisotopic (exact) mass is 263 g/mol. The van der Waals surface area contributed by atoms with Crippen molar-refractivity contribution in [2.45, 2.75) is 19.0 Å². The summed E-state index contributed by atoms with van der Waals surface area (Å²) in [6, 6.07) is 1.75. The highest BCUT2D eigenvalue weighted by Crippen LogP contribution is 2.13. The summed E-state index contributed by atoms with van der Waals surface area (Å²) in [4.78, 5) is 0. The van der Waals surface area contributed by atoms with Crippen molar-refractivity contribution in [3.05, 3.63) is 35.1 Å². The predicted molar refractivity (Wildman–Crippen MR) is 60.5 cm³/mol. The molecule has 6 heteroatoms. The van der Waals surface area contributed by atoms with Crippen LogP contribution in [0.3, 0.4) is 0 Å². The molecule has 1 aromatic rings. The number of benzene rings is 1. The van der Waals surface area contributed by atoms with Crippen LogP contribution in [0, 0.1) is 17.5 Å². The summed E-state index contributed by atoms with van der Waals surface area (Å²) < 4.78 is 43.6. The highest BCUT2D eigenvalue weighted by molar-refractivity contribution is 5.19. The number of hydrogen-bond acceptors (Lipinski definition) is 3. The van der Waals surface area contributed by atoms with Gasteiger partial charge in [0.15, 0.2) is 17.5 Å². The molecule has 0 spiro atoms. The standard InChI is InChI=1S/C12H16F3NO2/c1-18-7-9(2-3-17)16-6-8-4-10(13)12(15)11(14)5-8/h4-5,9,16-17H,2-3,6-7H2,1H3. The van der Waals surface area contributed by atoms with E-state index in [2.05, 4.69) is 5.32 Å². The van der Waals surface area contributed by atoms with Gasteiger partial charge in [-0.3, -0.25) is 0 Å². The van der Waals surface area contributed by atoms with Gasteiger partial charge in [0.05, 0.1) is 6.61 Å². The van der Waals surface area contributed by atoms with Crippen molar-refractivity contribution < 1.29 is 23.0 Å². The number of halogens is 3. The lowest BCUT2D eigenvalue weighted by atomic mass is 10.1. The third-order valence-corrected chi connectivity index (χ3v) is 2.48. The molecule has 102 valence electrons. The maximum Gasteiger partial charge on any atom is 0.194 e. The summed E-state index contributed by atoms with van der Waals surface area (Å²) in [7, 11) is 1.52. The number of hydrogen-bond donors (Lipinski definition) is 2. The van der Waals surface area contributed by atoms with Gasteiger partial charge in [0, 0.05) is 26.3 Å². The van der Waals surface area contributed by atoms with Gasteiger partial charge in [-0.25, -0.2) is 13.2 Å². The number of rotatable bonds is 7. The van der Waals surface area contributed by atoms with Crippen LogP contribution in [0.1, 0.15) is 12.0 Å². The molecule has 1 aromatic carbocycles. The molecule has 0 amide bonds. The lowest BCUT2D eigenvalue weighted by molar-refractivity contribution is 0.148. The Labute approximate surface area is 104 Å². The molecule has 18 heavy (non-hydrogen) atoms. The van der Waals surface area contributed by atoms with Crippen LogP contribution in [0.15, 0.2) is 12.1 Å². The van der Waals surface area contributed by atoms with E-state index in [9.17, 15) is 13.2 Å². The molecule has 0 saturated heterocycles. The topological polar surface area (TPSA) is 41.5 Å². The second-order valence-electron chi connectivity index (χ2n) is 3.92. The van der Waals surface area contributed by atoms with Crippen molar-refractivity contribution in [3.63, 3.8) is 0 Å². The van der Waals surface area contributed by atoms with Gasteiger partial charge in [0.2, 0.25) is 0 Å². The van der Waals surface area contributed by atoms with E-state index in [0.717, 1.165) is 12.1 Å². The van der Waals surface area contributed by atoms with Crippen LogP contribution >= 0.6 is 0 Å². The molecule has 3 nitrogen and oxygen atoms in total. The Balaban J connectivity index is 2.61. The van der Waals surface area contributed by atoms with Crippen molar-refractivity contribution in [1.29, 1.82) is 0 Å². The fourth-order valence-corrected chi connectivity index (χ4v) is 1.57. The SMILES string of the molecule is COCC(CCO)NCc1cc(F)c(F)c(F)c1. The molecule has 0 radical (unpaired) electrons. The minimum absolute atomic E-state index is 0.0207. The number of aliphatic hydroxyl groups excluding tert-OH is 1. The molecule has 0 aliphatic carbocycles. The second-order valence-corrected chi connectivity index (χ2v) is 3.92. The van der Waals surface area contributed by atoms with Gasteiger partial charge < -0.3 is 15.2 Å². The van der Waals surface area contributed by atoms with Gasteiger partial charge in [-0.2, -0.15) is 0 Å². The fourth-order valence-electron chi connectivity index (χ4n) is 1.57. The van der Waals surface area contributed by atoms with E-state index in [-0.39, 0.29) is 19.2 Å². The second kappa shape index (κ2) is 7.35. The summed E-state index contributed by atoms with van der Waals surface area (Å²) in [5.41, 5.74) is 0.297. The molecule has 2 N–H and O–H groups in total. The number of aliphatic hydroxyl groups is 1. The maximum absolute atomic E-state index is 13.0. The Morgan fingerprint density at radius 2 is 1.89 bits per heavy atom. The summed E-state index contributed by atoms with van der Waals surface area (Å²) in [6.07, 6.45) is 0.458. The van der Waals surface area contributed by atoms with Crippen molar-refractivity contribution in [3.8, 4) is 0 Å². The van der Waals surface area contributed by atoms with Crippen molar-refractivity contribution in [1.82, 2.24) is 5.32 Å². The van der Waals surface area contributed by atoms with Gasteiger partial charge in [-0.05, 0) is 24.1 Å². The smallest absolute Gasteiger partial charge is 0.194 e. The quantitative estimate of drug-likeness (QED) is 0.734. The third-order valence-electron chi connectivity index (χ3n) is 2.48. The van der Waals surface area contributed by atoms with E-state index in [4.69, 9.17) is 9.84 Å². The predicted octanol–water partition coefficient (Wildman–Crippen LogP) is 1.59. The first-order chi connectivity index (χ1) is 8.58. The number of nitrogens with one attached hydrogen (secondary N) is 1. The van der Waals surface area contributed by atoms with Crippen LogP contribution in [-0.2, 0) is 11.3 Å². The molecule has 1 rings (SSSR count). The first-order valence-electron chi connectivity index (χ1n) is 5.55. The van der Waals surface area contributed by atoms with Crippen LogP contribution in [0.5, 0.6) is 0 Å². The Morgan fingerprint density at radius 1 is 1.28 bits per heavy atom. The first kappa shape index (κ1) is 14.9. The lowest BCUT2D eigenvalue weighted by Gasteiger charge is -2.16. The highest BCUT2D eigenvalue weighted by Gasteiger charge is 2.12. The Hall–Kier alpha value is -1.11. The average molecular weight is 263 g/mol. The van der Waals surface area contributed by atoms with Gasteiger partial charge >= 0.3 is 0 Å². The average Bonchev–Trinajstić information content (AvgIpc) is 2.33. The molecule has 0 bridgehead atoms. The van der Waals surface area contributed by atoms with E-state index in [0.29, 0.717) is 18.6 Å². The van der Waals surface area contributed by atoms with Gasteiger partial charge in [0.1, 0.15) is 0 Å². The lowest BCUT2D eigenvalue weighted by Crippen LogP contribution is -2.33. The zero-order valence-corrected chi connectivity index (χ0v) is 10.0. The molecule has 1 unspecified atom stereocenters. The van der Waals surface area contributed by atoms with Crippen LogP contribution in [0.2, 0.25) is 0 Å². The molecule has 0 aliphatic rings. The summed E-state index contributed by atoms with van der Waals surface area (Å²) in [5, 5.41) is 11.8. The minimum Gasteiger partial charge on any atom is -0.396 e. The molecular formula is C12H16F3NO2. The zero-order valence-electron chi connectivity index (χ0n) is 10.0. The Bertz CT molecular complexity index is 359. The van der Waals surface area contributed by atoms with E-state index in [1.165, 1.54) is 7.11 Å². The normalized spacial score (nSPS) is 12.7. The van der Waals surface area contributed by atoms with Gasteiger partial charge in [-0.1, -0.05) is 0 Å². The van der Waals surface area contributed by atoms with Crippen molar-refractivity contribution in [2.75, 3.05) is 20.3 Å². The Morgan fingerprint density at radius 3 is 2.39 bits per heavy atom. The number of ether oxygens (including phenoxy) is 1. The molecule has 0 fully saturated rings. The van der Waals surface area contributed by atoms with Crippen molar-refractivity contribution >= 4 is 0 Å². The molecule has 0 heterocycles. The van der Waals surface area contributed by atoms with Gasteiger partial charge in [-0.15, -0.1) is 0 Å². The molecule has 0 saturated carbocycles. The highest BCUT2D eigenvalue weighted by atomic mass is 19.2. The molecule has 1 atom stereocenters. The van der Waals surface area contributed by atoms with E-state index in [1.807, 2.05) is 0 Å².